The summed E-state index contributed by atoms with van der Waals surface area (Å²) in [7, 11) is 1.61. The number of carbonyl (C=O) groups excluding carboxylic acids is 3. The summed E-state index contributed by atoms with van der Waals surface area (Å²) in [6.45, 7) is 6.25. The molecule has 0 aromatic carbocycles. The second-order valence-electron chi connectivity index (χ2n) is 5.43. The van der Waals surface area contributed by atoms with Crippen molar-refractivity contribution in [2.45, 2.75) is 32.8 Å². The van der Waals surface area contributed by atoms with Gasteiger partial charge in [-0.1, -0.05) is 0 Å². The quantitative estimate of drug-likeness (QED) is 0.695. The molecule has 0 aromatic rings. The standard InChI is InChI=1S/C12H20N2O4/c1-12(2,3)18-11(17)13(4)5-6-14-8-9(15)7-10(14)16/h5-8H2,1-4H3. The van der Waals surface area contributed by atoms with Crippen molar-refractivity contribution in [2.75, 3.05) is 26.7 Å². The number of hydrogen-bond acceptors (Lipinski definition) is 4. The minimum atomic E-state index is -0.537. The van der Waals surface area contributed by atoms with Crippen molar-refractivity contribution in [1.82, 2.24) is 9.80 Å². The lowest BCUT2D eigenvalue weighted by Gasteiger charge is -2.26. The average Bonchev–Trinajstić information content (AvgIpc) is 2.51. The van der Waals surface area contributed by atoms with Gasteiger partial charge in [0, 0.05) is 20.1 Å². The number of likely N-dealkylation sites (N-methyl/N-ethyl adjacent to an activating group) is 1. The lowest BCUT2D eigenvalue weighted by atomic mass is 10.2. The van der Waals surface area contributed by atoms with Gasteiger partial charge in [-0.25, -0.2) is 4.79 Å². The van der Waals surface area contributed by atoms with Crippen molar-refractivity contribution < 1.29 is 19.1 Å². The fourth-order valence-corrected chi connectivity index (χ4v) is 1.54. The number of Topliss-reactive ketones (excluding diaryl/α,β-unsaturated/α-hetero) is 1. The zero-order valence-electron chi connectivity index (χ0n) is 11.4. The van der Waals surface area contributed by atoms with Crippen molar-refractivity contribution in [3.8, 4) is 0 Å². The summed E-state index contributed by atoms with van der Waals surface area (Å²) in [5, 5.41) is 0. The van der Waals surface area contributed by atoms with Gasteiger partial charge in [-0.2, -0.15) is 0 Å². The van der Waals surface area contributed by atoms with Gasteiger partial charge in [-0.15, -0.1) is 0 Å². The predicted molar refractivity (Wildman–Crippen MR) is 65.1 cm³/mol. The zero-order chi connectivity index (χ0) is 13.9. The molecule has 1 heterocycles. The highest BCUT2D eigenvalue weighted by atomic mass is 16.6. The summed E-state index contributed by atoms with van der Waals surface area (Å²) >= 11 is 0. The third kappa shape index (κ3) is 4.35. The molecular formula is C12H20N2O4. The molecule has 0 aliphatic carbocycles. The molecule has 1 aliphatic heterocycles. The van der Waals surface area contributed by atoms with Crippen molar-refractivity contribution in [2.24, 2.45) is 0 Å². The van der Waals surface area contributed by atoms with Gasteiger partial charge < -0.3 is 14.5 Å². The topological polar surface area (TPSA) is 66.9 Å². The van der Waals surface area contributed by atoms with Crippen molar-refractivity contribution in [1.29, 1.82) is 0 Å². The molecule has 0 saturated carbocycles. The van der Waals surface area contributed by atoms with Gasteiger partial charge in [0.25, 0.3) is 0 Å². The summed E-state index contributed by atoms with van der Waals surface area (Å²) in [5.41, 5.74) is -0.537. The van der Waals surface area contributed by atoms with Crippen LogP contribution in [0.25, 0.3) is 0 Å². The SMILES string of the molecule is CN(CCN1CC(=O)CC1=O)C(=O)OC(C)(C)C. The van der Waals surface area contributed by atoms with Crippen LogP contribution in [0.15, 0.2) is 0 Å². The minimum absolute atomic E-state index is 0.0177. The smallest absolute Gasteiger partial charge is 0.410 e. The summed E-state index contributed by atoms with van der Waals surface area (Å²) in [6.07, 6.45) is -0.448. The molecule has 18 heavy (non-hydrogen) atoms. The van der Waals surface area contributed by atoms with Gasteiger partial charge in [0.2, 0.25) is 5.91 Å². The molecule has 0 bridgehead atoms. The maximum Gasteiger partial charge on any atom is 0.410 e. The summed E-state index contributed by atoms with van der Waals surface area (Å²) < 4.78 is 5.18. The molecule has 0 N–H and O–H groups in total. The van der Waals surface area contributed by atoms with Crippen LogP contribution in [0.1, 0.15) is 27.2 Å². The number of nitrogens with zero attached hydrogens (tertiary/aromatic N) is 2. The third-order valence-electron chi connectivity index (χ3n) is 2.48. The van der Waals surface area contributed by atoms with E-state index < -0.39 is 11.7 Å². The molecule has 6 heteroatoms. The highest BCUT2D eigenvalue weighted by molar-refractivity contribution is 6.05. The van der Waals surface area contributed by atoms with E-state index in [1.54, 1.807) is 27.8 Å². The van der Waals surface area contributed by atoms with Crippen LogP contribution in [0, 0.1) is 0 Å². The van der Waals surface area contributed by atoms with E-state index in [2.05, 4.69) is 0 Å². The predicted octanol–water partition coefficient (Wildman–Crippen LogP) is 0.655. The first-order chi connectivity index (χ1) is 8.19. The largest absolute Gasteiger partial charge is 0.444 e. The molecule has 0 radical (unpaired) electrons. The van der Waals surface area contributed by atoms with Crippen LogP contribution >= 0.6 is 0 Å². The molecule has 1 aliphatic rings. The molecule has 102 valence electrons. The van der Waals surface area contributed by atoms with Crippen LogP contribution in [-0.2, 0) is 14.3 Å². The first-order valence-corrected chi connectivity index (χ1v) is 5.92. The van der Waals surface area contributed by atoms with Crippen LogP contribution in [0.3, 0.4) is 0 Å². The number of ether oxygens (including phenoxy) is 1. The van der Waals surface area contributed by atoms with Crippen LogP contribution in [-0.4, -0.2) is 59.9 Å². The van der Waals surface area contributed by atoms with Crippen LogP contribution in [0.4, 0.5) is 4.79 Å². The first-order valence-electron chi connectivity index (χ1n) is 5.92. The lowest BCUT2D eigenvalue weighted by Crippen LogP contribution is -2.39. The minimum Gasteiger partial charge on any atom is -0.444 e. The fraction of sp³-hybridized carbons (Fsp3) is 0.750. The second-order valence-corrected chi connectivity index (χ2v) is 5.43. The maximum atomic E-state index is 11.6. The van der Waals surface area contributed by atoms with E-state index >= 15 is 0 Å². The Labute approximate surface area is 107 Å². The molecule has 1 fully saturated rings. The van der Waals surface area contributed by atoms with E-state index in [9.17, 15) is 14.4 Å². The van der Waals surface area contributed by atoms with E-state index in [0.29, 0.717) is 13.1 Å². The molecule has 2 amide bonds. The van der Waals surface area contributed by atoms with E-state index in [1.165, 1.54) is 9.80 Å². The number of rotatable bonds is 3. The van der Waals surface area contributed by atoms with E-state index in [0.717, 1.165) is 0 Å². The molecule has 6 nitrogen and oxygen atoms in total. The Morgan fingerprint density at radius 1 is 1.39 bits per heavy atom. The number of carbonyl (C=O) groups is 3. The van der Waals surface area contributed by atoms with Crippen LogP contribution in [0.2, 0.25) is 0 Å². The Morgan fingerprint density at radius 2 is 2.00 bits per heavy atom. The van der Waals surface area contributed by atoms with Crippen molar-refractivity contribution in [3.05, 3.63) is 0 Å². The number of likely N-dealkylation sites (tertiary alicyclic amines) is 1. The van der Waals surface area contributed by atoms with Gasteiger partial charge in [-0.3, -0.25) is 9.59 Å². The van der Waals surface area contributed by atoms with Gasteiger partial charge in [-0.05, 0) is 20.8 Å². The molecule has 0 unspecified atom stereocenters. The molecule has 0 atom stereocenters. The maximum absolute atomic E-state index is 11.6. The van der Waals surface area contributed by atoms with E-state index in [-0.39, 0.29) is 24.7 Å². The van der Waals surface area contributed by atoms with Gasteiger partial charge in [0.05, 0.1) is 13.0 Å². The Kier molecular flexibility index (Phi) is 4.32. The van der Waals surface area contributed by atoms with E-state index in [4.69, 9.17) is 4.74 Å². The Balaban J connectivity index is 2.37. The summed E-state index contributed by atoms with van der Waals surface area (Å²) in [4.78, 5) is 36.9. The van der Waals surface area contributed by atoms with Crippen molar-refractivity contribution in [3.63, 3.8) is 0 Å². The van der Waals surface area contributed by atoms with Crippen LogP contribution < -0.4 is 0 Å². The third-order valence-corrected chi connectivity index (χ3v) is 2.48. The monoisotopic (exact) mass is 256 g/mol. The fourth-order valence-electron chi connectivity index (χ4n) is 1.54. The molecule has 1 saturated heterocycles. The lowest BCUT2D eigenvalue weighted by molar-refractivity contribution is -0.128. The number of hydrogen-bond donors (Lipinski definition) is 0. The van der Waals surface area contributed by atoms with Gasteiger partial charge >= 0.3 is 6.09 Å². The first kappa shape index (κ1) is 14.5. The normalized spacial score (nSPS) is 16.1. The molecular weight excluding hydrogens is 236 g/mol. The Morgan fingerprint density at radius 3 is 2.44 bits per heavy atom. The summed E-state index contributed by atoms with van der Waals surface area (Å²) in [6, 6.07) is 0. The van der Waals surface area contributed by atoms with Gasteiger partial charge in [0.1, 0.15) is 5.60 Å². The number of amides is 2. The highest BCUT2D eigenvalue weighted by Gasteiger charge is 2.28. The Hall–Kier alpha value is -1.59. The number of ketones is 1. The summed E-state index contributed by atoms with van der Waals surface area (Å²) in [5.74, 6) is -0.238. The van der Waals surface area contributed by atoms with Crippen LogP contribution in [0.5, 0.6) is 0 Å². The van der Waals surface area contributed by atoms with Gasteiger partial charge in [0.15, 0.2) is 5.78 Å². The highest BCUT2D eigenvalue weighted by Crippen LogP contribution is 2.10. The second kappa shape index (κ2) is 5.37. The zero-order valence-corrected chi connectivity index (χ0v) is 11.4. The average molecular weight is 256 g/mol. The molecule has 0 spiro atoms. The molecule has 0 aromatic heterocycles. The molecule has 1 rings (SSSR count). The van der Waals surface area contributed by atoms with E-state index in [1.807, 2.05) is 0 Å². The van der Waals surface area contributed by atoms with Crippen molar-refractivity contribution >= 4 is 17.8 Å². The Bertz CT molecular complexity index is 360.